The van der Waals surface area contributed by atoms with Gasteiger partial charge in [0.15, 0.2) is 0 Å². The Bertz CT molecular complexity index is 362. The number of alkyl halides is 3. The van der Waals surface area contributed by atoms with Crippen molar-refractivity contribution >= 4 is 29.1 Å². The molecule has 1 aromatic heterocycles. The van der Waals surface area contributed by atoms with E-state index in [0.29, 0.717) is 0 Å². The van der Waals surface area contributed by atoms with Gasteiger partial charge in [-0.05, 0) is 11.8 Å². The number of ether oxygens (including phenoxy) is 1. The average molecular weight is 272 g/mol. The molecule has 0 saturated carbocycles. The Labute approximate surface area is 97.2 Å². The number of hydrogen-bond donors (Lipinski definition) is 1. The second kappa shape index (κ2) is 5.44. The Morgan fingerprint density at radius 1 is 1.56 bits per heavy atom. The van der Waals surface area contributed by atoms with Crippen molar-refractivity contribution in [1.82, 2.24) is 0 Å². The average Bonchev–Trinajstić information content (AvgIpc) is 2.59. The van der Waals surface area contributed by atoms with E-state index in [4.69, 9.17) is 9.84 Å². The summed E-state index contributed by atoms with van der Waals surface area (Å²) in [4.78, 5) is 10.6. The van der Waals surface area contributed by atoms with E-state index >= 15 is 0 Å². The minimum atomic E-state index is -4.26. The number of thioether (sulfide) groups is 1. The summed E-state index contributed by atoms with van der Waals surface area (Å²) < 4.78 is 40.1. The Hall–Kier alpha value is -0.890. The molecule has 1 heterocycles. The SMILES string of the molecule is O=C(O)c1cc(OCCSC(F)(F)F)cs1. The molecule has 0 aliphatic carbocycles. The topological polar surface area (TPSA) is 46.5 Å². The third-order valence-electron chi connectivity index (χ3n) is 1.40. The zero-order valence-electron chi connectivity index (χ0n) is 7.78. The molecule has 0 radical (unpaired) electrons. The van der Waals surface area contributed by atoms with Crippen LogP contribution in [-0.2, 0) is 0 Å². The fourth-order valence-corrected chi connectivity index (χ4v) is 1.89. The largest absolute Gasteiger partial charge is 0.492 e. The molecule has 0 aromatic carbocycles. The van der Waals surface area contributed by atoms with Gasteiger partial charge in [-0.2, -0.15) is 13.2 Å². The fraction of sp³-hybridized carbons (Fsp3) is 0.375. The molecule has 3 nitrogen and oxygen atoms in total. The lowest BCUT2D eigenvalue weighted by Gasteiger charge is -2.05. The first kappa shape index (κ1) is 13.2. The van der Waals surface area contributed by atoms with Crippen LogP contribution in [0.1, 0.15) is 9.67 Å². The number of carboxylic acids is 1. The van der Waals surface area contributed by atoms with Crippen LogP contribution in [0.15, 0.2) is 11.4 Å². The van der Waals surface area contributed by atoms with Crippen LogP contribution in [0.3, 0.4) is 0 Å². The highest BCUT2D eigenvalue weighted by molar-refractivity contribution is 8.00. The number of rotatable bonds is 5. The highest BCUT2D eigenvalue weighted by Gasteiger charge is 2.27. The van der Waals surface area contributed by atoms with Gasteiger partial charge in [-0.25, -0.2) is 4.79 Å². The molecule has 16 heavy (non-hydrogen) atoms. The van der Waals surface area contributed by atoms with Gasteiger partial charge in [0, 0.05) is 17.2 Å². The zero-order chi connectivity index (χ0) is 12.2. The first-order valence-corrected chi connectivity index (χ1v) is 5.90. The van der Waals surface area contributed by atoms with E-state index < -0.39 is 11.5 Å². The molecule has 0 fully saturated rings. The molecule has 0 atom stereocenters. The van der Waals surface area contributed by atoms with Crippen molar-refractivity contribution in [2.24, 2.45) is 0 Å². The van der Waals surface area contributed by atoms with E-state index in [1.807, 2.05) is 0 Å². The molecule has 0 bridgehead atoms. The lowest BCUT2D eigenvalue weighted by Crippen LogP contribution is -2.07. The third kappa shape index (κ3) is 4.75. The van der Waals surface area contributed by atoms with Gasteiger partial charge >= 0.3 is 11.5 Å². The molecule has 1 N–H and O–H groups in total. The van der Waals surface area contributed by atoms with Crippen molar-refractivity contribution in [2.75, 3.05) is 12.4 Å². The number of hydrogen-bond acceptors (Lipinski definition) is 4. The Morgan fingerprint density at radius 3 is 2.75 bits per heavy atom. The summed E-state index contributed by atoms with van der Waals surface area (Å²) in [5.74, 6) is -1.02. The van der Waals surface area contributed by atoms with Gasteiger partial charge in [-0.1, -0.05) is 0 Å². The van der Waals surface area contributed by atoms with E-state index in [0.717, 1.165) is 11.3 Å². The third-order valence-corrected chi connectivity index (χ3v) is 3.00. The molecule has 0 unspecified atom stereocenters. The van der Waals surface area contributed by atoms with Gasteiger partial charge in [-0.15, -0.1) is 11.3 Å². The van der Waals surface area contributed by atoms with Crippen molar-refractivity contribution in [1.29, 1.82) is 0 Å². The maximum atomic E-state index is 11.7. The Balaban J connectivity index is 2.30. The summed E-state index contributed by atoms with van der Waals surface area (Å²) in [6.45, 7) is -0.111. The summed E-state index contributed by atoms with van der Waals surface area (Å²) in [5.41, 5.74) is -4.26. The zero-order valence-corrected chi connectivity index (χ0v) is 9.42. The highest BCUT2D eigenvalue weighted by atomic mass is 32.2. The molecule has 0 amide bonds. The summed E-state index contributed by atoms with van der Waals surface area (Å²) in [6.07, 6.45) is 0. The second-order valence-electron chi connectivity index (χ2n) is 2.59. The van der Waals surface area contributed by atoms with E-state index in [-0.39, 0.29) is 34.7 Å². The van der Waals surface area contributed by atoms with Crippen molar-refractivity contribution < 1.29 is 27.8 Å². The van der Waals surface area contributed by atoms with E-state index in [1.165, 1.54) is 11.4 Å². The monoisotopic (exact) mass is 272 g/mol. The Kier molecular flexibility index (Phi) is 4.48. The van der Waals surface area contributed by atoms with Gasteiger partial charge in [0.1, 0.15) is 10.6 Å². The van der Waals surface area contributed by atoms with Gasteiger partial charge < -0.3 is 9.84 Å². The first-order chi connectivity index (χ1) is 7.38. The van der Waals surface area contributed by atoms with Crippen LogP contribution < -0.4 is 4.74 Å². The van der Waals surface area contributed by atoms with Crippen LogP contribution in [0.4, 0.5) is 13.2 Å². The summed E-state index contributed by atoms with van der Waals surface area (Å²) >= 11 is 0.796. The fourth-order valence-electron chi connectivity index (χ4n) is 0.824. The standard InChI is InChI=1S/C8H7F3O3S2/c9-8(10,11)16-2-1-14-5-3-6(7(12)13)15-4-5/h3-4H,1-2H2,(H,12,13). The van der Waals surface area contributed by atoms with Gasteiger partial charge in [0.05, 0.1) is 6.61 Å². The van der Waals surface area contributed by atoms with Crippen LogP contribution >= 0.6 is 23.1 Å². The molecule has 8 heteroatoms. The molecule has 90 valence electrons. The van der Waals surface area contributed by atoms with Gasteiger partial charge in [0.2, 0.25) is 0 Å². The van der Waals surface area contributed by atoms with Crippen molar-refractivity contribution in [3.8, 4) is 5.75 Å². The predicted octanol–water partition coefficient (Wildman–Crippen LogP) is 3.08. The molecular formula is C8H7F3O3S2. The van der Waals surface area contributed by atoms with Gasteiger partial charge in [0.25, 0.3) is 0 Å². The highest BCUT2D eigenvalue weighted by Crippen LogP contribution is 2.30. The van der Waals surface area contributed by atoms with Crippen LogP contribution in [0, 0.1) is 0 Å². The maximum Gasteiger partial charge on any atom is 0.441 e. The van der Waals surface area contributed by atoms with Crippen LogP contribution in [0.25, 0.3) is 0 Å². The van der Waals surface area contributed by atoms with Crippen LogP contribution in [0.5, 0.6) is 5.75 Å². The van der Waals surface area contributed by atoms with Crippen molar-refractivity contribution in [2.45, 2.75) is 5.51 Å². The molecule has 0 aliphatic heterocycles. The lowest BCUT2D eigenvalue weighted by atomic mass is 10.4. The van der Waals surface area contributed by atoms with Crippen molar-refractivity contribution in [3.05, 3.63) is 16.3 Å². The van der Waals surface area contributed by atoms with E-state index in [1.54, 1.807) is 0 Å². The Morgan fingerprint density at radius 2 is 2.25 bits per heavy atom. The minimum Gasteiger partial charge on any atom is -0.492 e. The number of carboxylic acid groups (broad SMARTS) is 1. The molecule has 0 saturated heterocycles. The van der Waals surface area contributed by atoms with E-state index in [2.05, 4.69) is 0 Å². The van der Waals surface area contributed by atoms with Crippen molar-refractivity contribution in [3.63, 3.8) is 0 Å². The number of thiophene rings is 1. The normalized spacial score (nSPS) is 11.4. The number of halogens is 3. The number of aromatic carboxylic acids is 1. The lowest BCUT2D eigenvalue weighted by molar-refractivity contribution is -0.0329. The molecule has 0 aliphatic rings. The summed E-state index contributed by atoms with van der Waals surface area (Å²) in [6, 6.07) is 1.28. The summed E-state index contributed by atoms with van der Waals surface area (Å²) in [5, 5.41) is 10.0. The molecule has 0 spiro atoms. The quantitative estimate of drug-likeness (QED) is 0.837. The van der Waals surface area contributed by atoms with E-state index in [9.17, 15) is 18.0 Å². The minimum absolute atomic E-state index is 0.0958. The first-order valence-electron chi connectivity index (χ1n) is 4.04. The predicted molar refractivity (Wildman–Crippen MR) is 55.3 cm³/mol. The summed E-state index contributed by atoms with van der Waals surface area (Å²) in [7, 11) is 0. The van der Waals surface area contributed by atoms with Crippen LogP contribution in [0.2, 0.25) is 0 Å². The number of carbonyl (C=O) groups is 1. The smallest absolute Gasteiger partial charge is 0.441 e. The second-order valence-corrected chi connectivity index (χ2v) is 4.67. The maximum absolute atomic E-state index is 11.7. The molecule has 1 rings (SSSR count). The van der Waals surface area contributed by atoms with Gasteiger partial charge in [-0.3, -0.25) is 0 Å². The van der Waals surface area contributed by atoms with Crippen LogP contribution in [-0.4, -0.2) is 28.9 Å². The molecule has 1 aromatic rings. The molecular weight excluding hydrogens is 265 g/mol.